The summed E-state index contributed by atoms with van der Waals surface area (Å²) in [5, 5.41) is 8.66. The van der Waals surface area contributed by atoms with Gasteiger partial charge in [0.25, 0.3) is 0 Å². The second kappa shape index (κ2) is 13.6. The molecule has 0 atom stereocenters. The van der Waals surface area contributed by atoms with Crippen molar-refractivity contribution in [3.8, 4) is 56.4 Å². The second-order valence-electron chi connectivity index (χ2n) is 16.2. The molecular formula is C57H31N3O3S. The van der Waals surface area contributed by atoms with E-state index in [1.165, 1.54) is 20.2 Å². The molecule has 298 valence electrons. The van der Waals surface area contributed by atoms with Crippen LogP contribution in [0.3, 0.4) is 0 Å². The molecule has 9 aromatic carbocycles. The summed E-state index contributed by atoms with van der Waals surface area (Å²) in [5.74, 6) is 1.64. The van der Waals surface area contributed by atoms with E-state index >= 15 is 0 Å². The lowest BCUT2D eigenvalue weighted by Crippen LogP contribution is -2.00. The van der Waals surface area contributed by atoms with E-state index in [0.717, 1.165) is 105 Å². The van der Waals surface area contributed by atoms with Gasteiger partial charge in [-0.05, 0) is 71.3 Å². The molecule has 0 unspecified atom stereocenters. The molecule has 14 aromatic rings. The van der Waals surface area contributed by atoms with E-state index in [2.05, 4.69) is 109 Å². The number of nitrogens with zero attached hydrogens (tertiary/aromatic N) is 3. The Balaban J connectivity index is 0.967. The van der Waals surface area contributed by atoms with Gasteiger partial charge in [0.15, 0.2) is 17.5 Å². The van der Waals surface area contributed by atoms with Gasteiger partial charge in [0.05, 0.1) is 5.56 Å². The van der Waals surface area contributed by atoms with Crippen molar-refractivity contribution >= 4 is 97.3 Å². The zero-order valence-corrected chi connectivity index (χ0v) is 34.7. The molecule has 0 saturated carbocycles. The highest BCUT2D eigenvalue weighted by Crippen LogP contribution is 2.46. The Labute approximate surface area is 368 Å². The Bertz CT molecular complexity index is 4210. The van der Waals surface area contributed by atoms with E-state index < -0.39 is 0 Å². The van der Waals surface area contributed by atoms with Gasteiger partial charge in [-0.15, -0.1) is 11.3 Å². The maximum atomic E-state index is 6.79. The number of furan rings is 3. The lowest BCUT2D eigenvalue weighted by Gasteiger charge is -2.10. The predicted octanol–water partition coefficient (Wildman–Crippen LogP) is 16.3. The number of rotatable bonds is 5. The van der Waals surface area contributed by atoms with Crippen LogP contribution in [0, 0.1) is 0 Å². The molecule has 0 aliphatic carbocycles. The Morgan fingerprint density at radius 3 is 1.80 bits per heavy atom. The zero-order valence-electron chi connectivity index (χ0n) is 33.9. The number of hydrogen-bond acceptors (Lipinski definition) is 7. The van der Waals surface area contributed by atoms with Gasteiger partial charge in [-0.3, -0.25) is 0 Å². The molecule has 6 nitrogen and oxygen atoms in total. The van der Waals surface area contributed by atoms with Gasteiger partial charge in [0.1, 0.15) is 33.5 Å². The summed E-state index contributed by atoms with van der Waals surface area (Å²) in [6.07, 6.45) is 0. The number of fused-ring (bicyclic) bond motifs is 12. The van der Waals surface area contributed by atoms with Crippen molar-refractivity contribution in [1.29, 1.82) is 0 Å². The number of para-hydroxylation sites is 3. The van der Waals surface area contributed by atoms with E-state index in [0.29, 0.717) is 17.5 Å². The minimum atomic E-state index is 0.528. The second-order valence-corrected chi connectivity index (χ2v) is 17.3. The predicted molar refractivity (Wildman–Crippen MR) is 262 cm³/mol. The quantitative estimate of drug-likeness (QED) is 0.172. The van der Waals surface area contributed by atoms with Gasteiger partial charge in [-0.1, -0.05) is 133 Å². The van der Waals surface area contributed by atoms with Gasteiger partial charge in [0.2, 0.25) is 0 Å². The van der Waals surface area contributed by atoms with Crippen LogP contribution in [0.2, 0.25) is 0 Å². The van der Waals surface area contributed by atoms with E-state index in [4.69, 9.17) is 28.2 Å². The first-order valence-corrected chi connectivity index (χ1v) is 22.1. The molecule has 64 heavy (non-hydrogen) atoms. The average molecular weight is 838 g/mol. The van der Waals surface area contributed by atoms with Gasteiger partial charge in [0, 0.05) is 69.2 Å². The fraction of sp³-hybridized carbons (Fsp3) is 0. The molecule has 0 radical (unpaired) electrons. The van der Waals surface area contributed by atoms with Crippen LogP contribution in [-0.4, -0.2) is 15.0 Å². The lowest BCUT2D eigenvalue weighted by atomic mass is 9.93. The van der Waals surface area contributed by atoms with E-state index in [1.54, 1.807) is 0 Å². The van der Waals surface area contributed by atoms with Crippen molar-refractivity contribution < 1.29 is 13.3 Å². The van der Waals surface area contributed by atoms with Crippen molar-refractivity contribution in [2.45, 2.75) is 0 Å². The molecule has 0 bridgehead atoms. The van der Waals surface area contributed by atoms with Gasteiger partial charge in [-0.2, -0.15) is 0 Å². The largest absolute Gasteiger partial charge is 0.456 e. The molecule has 5 aromatic heterocycles. The molecule has 0 fully saturated rings. The maximum Gasteiger partial charge on any atom is 0.167 e. The summed E-state index contributed by atoms with van der Waals surface area (Å²) < 4.78 is 22.4. The van der Waals surface area contributed by atoms with Crippen molar-refractivity contribution in [3.05, 3.63) is 188 Å². The summed E-state index contributed by atoms with van der Waals surface area (Å²) in [6.45, 7) is 0. The first-order valence-electron chi connectivity index (χ1n) is 21.2. The van der Waals surface area contributed by atoms with Crippen molar-refractivity contribution in [2.24, 2.45) is 0 Å². The smallest absolute Gasteiger partial charge is 0.167 e. The zero-order chi connectivity index (χ0) is 41.9. The molecular weight excluding hydrogens is 807 g/mol. The highest BCUT2D eigenvalue weighted by molar-refractivity contribution is 7.25. The molecule has 14 rings (SSSR count). The molecule has 0 aliphatic rings. The molecule has 5 heterocycles. The number of aromatic nitrogens is 3. The van der Waals surface area contributed by atoms with Crippen LogP contribution in [0.5, 0.6) is 0 Å². The minimum absolute atomic E-state index is 0.528. The van der Waals surface area contributed by atoms with Gasteiger partial charge < -0.3 is 13.3 Å². The van der Waals surface area contributed by atoms with Crippen LogP contribution in [0.25, 0.3) is 142 Å². The van der Waals surface area contributed by atoms with Crippen LogP contribution in [-0.2, 0) is 0 Å². The molecule has 7 heteroatoms. The normalized spacial score (nSPS) is 12.1. The van der Waals surface area contributed by atoms with Gasteiger partial charge in [-0.25, -0.2) is 15.0 Å². The lowest BCUT2D eigenvalue weighted by molar-refractivity contribution is 0.668. The number of hydrogen-bond donors (Lipinski definition) is 0. The van der Waals surface area contributed by atoms with Crippen molar-refractivity contribution in [3.63, 3.8) is 0 Å². The van der Waals surface area contributed by atoms with Crippen molar-refractivity contribution in [1.82, 2.24) is 15.0 Å². The molecule has 0 amide bonds. The van der Waals surface area contributed by atoms with Crippen molar-refractivity contribution in [2.75, 3.05) is 0 Å². The van der Waals surface area contributed by atoms with E-state index in [-0.39, 0.29) is 0 Å². The monoisotopic (exact) mass is 837 g/mol. The third-order valence-corrected chi connectivity index (χ3v) is 13.7. The molecule has 0 spiro atoms. The maximum absolute atomic E-state index is 6.79. The van der Waals surface area contributed by atoms with Crippen LogP contribution in [0.1, 0.15) is 0 Å². The Hall–Kier alpha value is -8.39. The molecule has 0 saturated heterocycles. The first-order chi connectivity index (χ1) is 31.7. The van der Waals surface area contributed by atoms with Crippen LogP contribution >= 0.6 is 11.3 Å². The highest BCUT2D eigenvalue weighted by atomic mass is 32.1. The molecule has 0 aliphatic heterocycles. The van der Waals surface area contributed by atoms with Gasteiger partial charge >= 0.3 is 0 Å². The van der Waals surface area contributed by atoms with E-state index in [9.17, 15) is 0 Å². The van der Waals surface area contributed by atoms with Crippen LogP contribution in [0.4, 0.5) is 0 Å². The summed E-state index contributed by atoms with van der Waals surface area (Å²) >= 11 is 1.83. The fourth-order valence-corrected chi connectivity index (χ4v) is 10.8. The summed E-state index contributed by atoms with van der Waals surface area (Å²) in [6, 6.07) is 65.0. The summed E-state index contributed by atoms with van der Waals surface area (Å²) in [7, 11) is 0. The number of benzene rings is 9. The SMILES string of the molecule is c1ccc(-c2nc(-c3cccc4c3oc3ccccc34)nc(-c3cccc4oc5ccc(-c6ccc(-c7ccc8c(c7)sc7ccccc78)c7oc8ccccc8c67)cc5c34)n2)cc1. The Morgan fingerprint density at radius 1 is 0.297 bits per heavy atom. The highest BCUT2D eigenvalue weighted by Gasteiger charge is 2.23. The molecule has 0 N–H and O–H groups in total. The Morgan fingerprint density at radius 2 is 0.906 bits per heavy atom. The minimum Gasteiger partial charge on any atom is -0.456 e. The summed E-state index contributed by atoms with van der Waals surface area (Å²) in [4.78, 5) is 15.5. The number of thiophene rings is 1. The van der Waals surface area contributed by atoms with Crippen LogP contribution in [0.15, 0.2) is 201 Å². The average Bonchev–Trinajstić information content (AvgIpc) is 4.13. The Kier molecular flexibility index (Phi) is 7.46. The third kappa shape index (κ3) is 5.28. The third-order valence-electron chi connectivity index (χ3n) is 12.6. The summed E-state index contributed by atoms with van der Waals surface area (Å²) in [5.41, 5.74) is 11.6. The fourth-order valence-electron chi connectivity index (χ4n) is 9.63. The van der Waals surface area contributed by atoms with E-state index in [1.807, 2.05) is 90.2 Å². The van der Waals surface area contributed by atoms with Crippen LogP contribution < -0.4 is 0 Å². The topological polar surface area (TPSA) is 78.1 Å². The standard InChI is InChI=1S/C57H31N3O3S/c1-2-12-32(13-3-1)55-58-56(60-57(59-55)43-19-10-17-40-37-14-4-7-20-45(37)62-53(40)43)42-18-11-22-48-51(42)44-30-33(25-29-47(44)61-48)35-27-28-36(54-52(35)41-16-5-8-21-46(41)63-54)34-24-26-39-38-15-6-9-23-49(38)64-50(39)31-34/h1-31H. The first kappa shape index (κ1) is 35.2.